The van der Waals surface area contributed by atoms with Gasteiger partial charge in [0.05, 0.1) is 19.8 Å². The first-order valence-corrected chi connectivity index (χ1v) is 8.97. The standard InChI is InChI=1S/C19H30N2O3/c1-4-5-12-24-17-7-6-16(13-18(17)23-3)14(2)21-19(22)15-8-10-20-11-9-15/h6-7,13-15,20H,4-5,8-12H2,1-3H3,(H,21,22). The molecule has 134 valence electrons. The van der Waals surface area contributed by atoms with Crippen molar-refractivity contribution in [3.8, 4) is 11.5 Å². The molecule has 5 heteroatoms. The molecule has 0 bridgehead atoms. The predicted molar refractivity (Wildman–Crippen MR) is 95.5 cm³/mol. The van der Waals surface area contributed by atoms with Gasteiger partial charge in [-0.05, 0) is 57.0 Å². The number of hydrogen-bond acceptors (Lipinski definition) is 4. The largest absolute Gasteiger partial charge is 0.493 e. The van der Waals surface area contributed by atoms with Gasteiger partial charge in [-0.1, -0.05) is 19.4 Å². The number of rotatable bonds is 8. The third kappa shape index (κ3) is 5.13. The molecule has 5 nitrogen and oxygen atoms in total. The van der Waals surface area contributed by atoms with Crippen molar-refractivity contribution in [3.63, 3.8) is 0 Å². The van der Waals surface area contributed by atoms with E-state index in [9.17, 15) is 4.79 Å². The molecule has 24 heavy (non-hydrogen) atoms. The Morgan fingerprint density at radius 2 is 2.08 bits per heavy atom. The van der Waals surface area contributed by atoms with Crippen molar-refractivity contribution < 1.29 is 14.3 Å². The van der Waals surface area contributed by atoms with Crippen molar-refractivity contribution >= 4 is 5.91 Å². The fourth-order valence-corrected chi connectivity index (χ4v) is 2.90. The van der Waals surface area contributed by atoms with E-state index in [1.165, 1.54) is 0 Å². The van der Waals surface area contributed by atoms with Gasteiger partial charge in [0.1, 0.15) is 0 Å². The second-order valence-corrected chi connectivity index (χ2v) is 6.37. The Hall–Kier alpha value is -1.75. The summed E-state index contributed by atoms with van der Waals surface area (Å²) in [5.74, 6) is 1.73. The van der Waals surface area contributed by atoms with Crippen molar-refractivity contribution in [2.45, 2.75) is 45.6 Å². The average Bonchev–Trinajstić information content (AvgIpc) is 2.62. The first-order valence-electron chi connectivity index (χ1n) is 8.97. The molecule has 1 amide bonds. The SMILES string of the molecule is CCCCOc1ccc(C(C)NC(=O)C2CCNCC2)cc1OC. The summed E-state index contributed by atoms with van der Waals surface area (Å²) in [7, 11) is 1.64. The van der Waals surface area contributed by atoms with E-state index in [4.69, 9.17) is 9.47 Å². The summed E-state index contributed by atoms with van der Waals surface area (Å²) < 4.78 is 11.2. The van der Waals surface area contributed by atoms with Crippen LogP contribution in [0.25, 0.3) is 0 Å². The monoisotopic (exact) mass is 334 g/mol. The van der Waals surface area contributed by atoms with E-state index < -0.39 is 0 Å². The maximum absolute atomic E-state index is 12.4. The molecule has 2 rings (SSSR count). The molecule has 0 aliphatic carbocycles. The molecular weight excluding hydrogens is 304 g/mol. The Labute approximate surface area is 145 Å². The Morgan fingerprint density at radius 1 is 1.33 bits per heavy atom. The topological polar surface area (TPSA) is 59.6 Å². The number of methoxy groups -OCH3 is 1. The maximum atomic E-state index is 12.4. The lowest BCUT2D eigenvalue weighted by Gasteiger charge is -2.24. The molecule has 0 spiro atoms. The summed E-state index contributed by atoms with van der Waals surface area (Å²) >= 11 is 0. The van der Waals surface area contributed by atoms with Crippen LogP contribution in [0.15, 0.2) is 18.2 Å². The van der Waals surface area contributed by atoms with Gasteiger partial charge in [-0.2, -0.15) is 0 Å². The minimum atomic E-state index is -0.0500. The highest BCUT2D eigenvalue weighted by atomic mass is 16.5. The molecule has 1 unspecified atom stereocenters. The summed E-state index contributed by atoms with van der Waals surface area (Å²) in [5.41, 5.74) is 1.02. The Kier molecular flexibility index (Phi) is 7.37. The van der Waals surface area contributed by atoms with Crippen molar-refractivity contribution in [2.75, 3.05) is 26.8 Å². The molecule has 0 aromatic heterocycles. The number of hydrogen-bond donors (Lipinski definition) is 2. The predicted octanol–water partition coefficient (Wildman–Crippen LogP) is 3.05. The van der Waals surface area contributed by atoms with Crippen molar-refractivity contribution in [3.05, 3.63) is 23.8 Å². The first-order chi connectivity index (χ1) is 11.7. The van der Waals surface area contributed by atoms with Gasteiger partial charge in [0.2, 0.25) is 5.91 Å². The first kappa shape index (κ1) is 18.6. The van der Waals surface area contributed by atoms with Crippen LogP contribution in [0.4, 0.5) is 0 Å². The second-order valence-electron chi connectivity index (χ2n) is 6.37. The normalized spacial score (nSPS) is 16.5. The molecule has 0 radical (unpaired) electrons. The Balaban J connectivity index is 1.97. The van der Waals surface area contributed by atoms with E-state index in [1.54, 1.807) is 7.11 Å². The highest BCUT2D eigenvalue weighted by molar-refractivity contribution is 5.79. The van der Waals surface area contributed by atoms with E-state index >= 15 is 0 Å². The smallest absolute Gasteiger partial charge is 0.223 e. The fourth-order valence-electron chi connectivity index (χ4n) is 2.90. The van der Waals surface area contributed by atoms with Crippen LogP contribution in [0.1, 0.15) is 51.1 Å². The molecule has 1 heterocycles. The minimum absolute atomic E-state index is 0.0500. The van der Waals surface area contributed by atoms with Crippen LogP contribution in [0.3, 0.4) is 0 Å². The number of ether oxygens (including phenoxy) is 2. The number of nitrogens with one attached hydrogen (secondary N) is 2. The van der Waals surface area contributed by atoms with E-state index in [1.807, 2.05) is 25.1 Å². The van der Waals surface area contributed by atoms with Gasteiger partial charge < -0.3 is 20.1 Å². The summed E-state index contributed by atoms with van der Waals surface area (Å²) in [6, 6.07) is 5.83. The quantitative estimate of drug-likeness (QED) is 0.718. The molecule has 1 atom stereocenters. The zero-order valence-corrected chi connectivity index (χ0v) is 15.1. The molecular formula is C19H30N2O3. The molecule has 1 aliphatic heterocycles. The molecule has 1 aromatic carbocycles. The van der Waals surface area contributed by atoms with Crippen LogP contribution in [-0.4, -0.2) is 32.7 Å². The maximum Gasteiger partial charge on any atom is 0.223 e. The number of amides is 1. The third-order valence-electron chi connectivity index (χ3n) is 4.51. The van der Waals surface area contributed by atoms with Gasteiger partial charge >= 0.3 is 0 Å². The lowest BCUT2D eigenvalue weighted by atomic mass is 9.96. The third-order valence-corrected chi connectivity index (χ3v) is 4.51. The Morgan fingerprint density at radius 3 is 2.75 bits per heavy atom. The number of carbonyl (C=O) groups is 1. The average molecular weight is 334 g/mol. The van der Waals surface area contributed by atoms with Crippen LogP contribution < -0.4 is 20.1 Å². The van der Waals surface area contributed by atoms with E-state index in [-0.39, 0.29) is 17.9 Å². The number of benzene rings is 1. The molecule has 0 saturated carbocycles. The second kappa shape index (κ2) is 9.52. The van der Waals surface area contributed by atoms with Crippen molar-refractivity contribution in [1.29, 1.82) is 0 Å². The summed E-state index contributed by atoms with van der Waals surface area (Å²) in [6.07, 6.45) is 3.94. The summed E-state index contributed by atoms with van der Waals surface area (Å²) in [4.78, 5) is 12.4. The highest BCUT2D eigenvalue weighted by Crippen LogP contribution is 2.30. The van der Waals surface area contributed by atoms with Gasteiger partial charge in [0, 0.05) is 5.92 Å². The zero-order chi connectivity index (χ0) is 17.4. The van der Waals surface area contributed by atoms with Crippen LogP contribution in [0, 0.1) is 5.92 Å². The van der Waals surface area contributed by atoms with E-state index in [2.05, 4.69) is 17.6 Å². The van der Waals surface area contributed by atoms with Gasteiger partial charge in [-0.25, -0.2) is 0 Å². The lowest BCUT2D eigenvalue weighted by molar-refractivity contribution is -0.126. The minimum Gasteiger partial charge on any atom is -0.493 e. The molecule has 2 N–H and O–H groups in total. The van der Waals surface area contributed by atoms with Crippen LogP contribution >= 0.6 is 0 Å². The van der Waals surface area contributed by atoms with Crippen LogP contribution in [-0.2, 0) is 4.79 Å². The molecule has 1 aromatic rings. The van der Waals surface area contributed by atoms with Gasteiger partial charge in [0.15, 0.2) is 11.5 Å². The Bertz CT molecular complexity index is 527. The number of unbranched alkanes of at least 4 members (excludes halogenated alkanes) is 1. The summed E-state index contributed by atoms with van der Waals surface area (Å²) in [6.45, 7) is 6.67. The molecule has 1 aliphatic rings. The number of carbonyl (C=O) groups excluding carboxylic acids is 1. The van der Waals surface area contributed by atoms with Gasteiger partial charge in [0.25, 0.3) is 0 Å². The van der Waals surface area contributed by atoms with Crippen LogP contribution in [0.2, 0.25) is 0 Å². The van der Waals surface area contributed by atoms with E-state index in [0.717, 1.165) is 50.1 Å². The van der Waals surface area contributed by atoms with Crippen LogP contribution in [0.5, 0.6) is 11.5 Å². The van der Waals surface area contributed by atoms with Gasteiger partial charge in [-0.15, -0.1) is 0 Å². The van der Waals surface area contributed by atoms with Gasteiger partial charge in [-0.3, -0.25) is 4.79 Å². The van der Waals surface area contributed by atoms with Crippen molar-refractivity contribution in [2.24, 2.45) is 5.92 Å². The zero-order valence-electron chi connectivity index (χ0n) is 15.1. The molecule has 1 fully saturated rings. The molecule has 1 saturated heterocycles. The fraction of sp³-hybridized carbons (Fsp3) is 0.632. The number of piperidine rings is 1. The van der Waals surface area contributed by atoms with E-state index in [0.29, 0.717) is 12.4 Å². The van der Waals surface area contributed by atoms with Crippen molar-refractivity contribution in [1.82, 2.24) is 10.6 Å². The summed E-state index contributed by atoms with van der Waals surface area (Å²) in [5, 5.41) is 6.41. The highest BCUT2D eigenvalue weighted by Gasteiger charge is 2.22. The lowest BCUT2D eigenvalue weighted by Crippen LogP contribution is -2.39.